The van der Waals surface area contributed by atoms with Crippen LogP contribution in [0.25, 0.3) is 0 Å². The maximum Gasteiger partial charge on any atom is 0.401 e. The molecular weight excluding hydrogens is 224 g/mol. The molecule has 0 fully saturated rings. The number of alkyl halides is 6. The molecule has 0 amide bonds. The molecule has 0 aromatic carbocycles. The summed E-state index contributed by atoms with van der Waals surface area (Å²) in [6.45, 7) is 0. The van der Waals surface area contributed by atoms with Crippen molar-refractivity contribution in [3.05, 3.63) is 24.6 Å². The smallest absolute Gasteiger partial charge is 0.368 e. The summed E-state index contributed by atoms with van der Waals surface area (Å²) < 4.78 is 73.6. The van der Waals surface area contributed by atoms with Crippen molar-refractivity contribution in [2.75, 3.05) is 0 Å². The quantitative estimate of drug-likeness (QED) is 0.683. The summed E-state index contributed by atoms with van der Waals surface area (Å²) in [5.74, 6) is 0. The molecule has 86 valence electrons. The van der Waals surface area contributed by atoms with E-state index in [-0.39, 0.29) is 0 Å². The van der Waals surface area contributed by atoms with Gasteiger partial charge in [-0.2, -0.15) is 26.3 Å². The van der Waals surface area contributed by atoms with Gasteiger partial charge in [-0.25, -0.2) is 0 Å². The molecule has 0 atom stereocenters. The minimum atomic E-state index is -4.96. The van der Waals surface area contributed by atoms with Crippen LogP contribution >= 0.6 is 0 Å². The van der Waals surface area contributed by atoms with Crippen molar-refractivity contribution in [3.63, 3.8) is 0 Å². The van der Waals surface area contributed by atoms with E-state index >= 15 is 0 Å². The molecule has 0 aromatic rings. The topological polar surface area (TPSA) is 12.0 Å². The summed E-state index contributed by atoms with van der Waals surface area (Å²) in [6, 6.07) is 0. The van der Waals surface area contributed by atoms with E-state index in [1.165, 1.54) is 0 Å². The number of hydrogen-bond acceptors (Lipinski definition) is 1. The van der Waals surface area contributed by atoms with Crippen LogP contribution in [-0.2, 0) is 0 Å². The Morgan fingerprint density at radius 3 is 1.73 bits per heavy atom. The van der Waals surface area contributed by atoms with Gasteiger partial charge in [0, 0.05) is 0 Å². The van der Waals surface area contributed by atoms with Crippen molar-refractivity contribution in [1.29, 1.82) is 0 Å². The Hall–Kier alpha value is -1.14. The largest absolute Gasteiger partial charge is 0.401 e. The average Bonchev–Trinajstić information content (AvgIpc) is 2.00. The Bertz CT molecular complexity index is 272. The molecule has 15 heavy (non-hydrogen) atoms. The molecule has 1 nitrogen and oxygen atoms in total. The number of nitrogens with one attached hydrogen (secondary N) is 1. The zero-order valence-electron chi connectivity index (χ0n) is 7.28. The minimum absolute atomic E-state index is 0.473. The van der Waals surface area contributed by atoms with E-state index in [4.69, 9.17) is 0 Å². The molecule has 1 aliphatic heterocycles. The molecule has 0 aliphatic carbocycles. The lowest BCUT2D eigenvalue weighted by atomic mass is 9.82. The molecule has 0 saturated heterocycles. The van der Waals surface area contributed by atoms with Gasteiger partial charge in [0.2, 0.25) is 0 Å². The van der Waals surface area contributed by atoms with Gasteiger partial charge in [0.15, 0.2) is 0 Å². The number of rotatable bonds is 1. The summed E-state index contributed by atoms with van der Waals surface area (Å²) in [7, 11) is 0. The third kappa shape index (κ3) is 2.66. The summed E-state index contributed by atoms with van der Waals surface area (Å²) in [4.78, 5) is 0. The number of allylic oxidation sites excluding steroid dienone is 2. The molecule has 0 bridgehead atoms. The van der Waals surface area contributed by atoms with Gasteiger partial charge in [-0.3, -0.25) is 0 Å². The maximum absolute atomic E-state index is 12.5. The molecule has 1 heterocycles. The molecule has 7 heteroatoms. The van der Waals surface area contributed by atoms with Gasteiger partial charge >= 0.3 is 12.4 Å². The summed E-state index contributed by atoms with van der Waals surface area (Å²) in [6.07, 6.45) is -9.14. The van der Waals surface area contributed by atoms with E-state index < -0.39 is 24.2 Å². The van der Waals surface area contributed by atoms with Crippen LogP contribution in [0.4, 0.5) is 26.3 Å². The van der Waals surface area contributed by atoms with Crippen LogP contribution in [0.2, 0.25) is 0 Å². The van der Waals surface area contributed by atoms with Crippen molar-refractivity contribution in [3.8, 4) is 0 Å². The predicted octanol–water partition coefficient (Wildman–Crippen LogP) is 3.12. The Morgan fingerprint density at radius 1 is 0.933 bits per heavy atom. The van der Waals surface area contributed by atoms with Crippen LogP contribution < -0.4 is 5.32 Å². The molecule has 0 spiro atoms. The van der Waals surface area contributed by atoms with Crippen LogP contribution in [0, 0.1) is 5.41 Å². The second kappa shape index (κ2) is 3.46. The Balaban J connectivity index is 3.03. The lowest BCUT2D eigenvalue weighted by Gasteiger charge is -2.32. The third-order valence-electron chi connectivity index (χ3n) is 1.97. The van der Waals surface area contributed by atoms with Crippen LogP contribution in [0.5, 0.6) is 0 Å². The first kappa shape index (κ1) is 11.9. The standard InChI is InChI=1S/C8H7F6N/c9-7(10,11)5-6(8(12,13)14)1-3-15-4-2-6/h1-4,15H,5H2. The molecule has 1 rings (SSSR count). The van der Waals surface area contributed by atoms with Gasteiger partial charge in [0.05, 0.1) is 6.42 Å². The molecule has 0 aromatic heterocycles. The van der Waals surface area contributed by atoms with Crippen molar-refractivity contribution in [1.82, 2.24) is 5.32 Å². The van der Waals surface area contributed by atoms with E-state index in [1.807, 2.05) is 0 Å². The van der Waals surface area contributed by atoms with Crippen molar-refractivity contribution in [2.24, 2.45) is 5.41 Å². The predicted molar refractivity (Wildman–Crippen MR) is 40.6 cm³/mol. The summed E-state index contributed by atoms with van der Waals surface area (Å²) in [5, 5.41) is 2.27. The van der Waals surface area contributed by atoms with Gasteiger partial charge < -0.3 is 5.32 Å². The first-order chi connectivity index (χ1) is 6.66. The Kier molecular flexibility index (Phi) is 2.75. The number of dihydropyridines is 1. The van der Waals surface area contributed by atoms with E-state index in [0.29, 0.717) is 12.2 Å². The molecule has 1 N–H and O–H groups in total. The van der Waals surface area contributed by atoms with E-state index in [1.54, 1.807) is 0 Å². The monoisotopic (exact) mass is 231 g/mol. The fraction of sp³-hybridized carbons (Fsp3) is 0.500. The lowest BCUT2D eigenvalue weighted by Crippen LogP contribution is -2.40. The van der Waals surface area contributed by atoms with Gasteiger partial charge in [0.25, 0.3) is 0 Å². The van der Waals surface area contributed by atoms with Crippen molar-refractivity contribution >= 4 is 0 Å². The highest BCUT2D eigenvalue weighted by Crippen LogP contribution is 2.48. The first-order valence-corrected chi connectivity index (χ1v) is 3.91. The molecule has 1 aliphatic rings. The van der Waals surface area contributed by atoms with Crippen LogP contribution in [-0.4, -0.2) is 12.4 Å². The van der Waals surface area contributed by atoms with Gasteiger partial charge in [-0.15, -0.1) is 0 Å². The zero-order chi connectivity index (χ0) is 11.7. The molecular formula is C8H7F6N. The van der Waals surface area contributed by atoms with Gasteiger partial charge in [-0.05, 0) is 24.6 Å². The second-order valence-corrected chi connectivity index (χ2v) is 3.16. The Morgan fingerprint density at radius 2 is 1.40 bits per heavy atom. The molecule has 0 unspecified atom stereocenters. The van der Waals surface area contributed by atoms with E-state index in [9.17, 15) is 26.3 Å². The van der Waals surface area contributed by atoms with E-state index in [0.717, 1.165) is 12.4 Å². The first-order valence-electron chi connectivity index (χ1n) is 3.91. The normalized spacial score (nSPS) is 20.1. The highest BCUT2D eigenvalue weighted by Gasteiger charge is 2.56. The zero-order valence-corrected chi connectivity index (χ0v) is 7.28. The fourth-order valence-corrected chi connectivity index (χ4v) is 1.24. The minimum Gasteiger partial charge on any atom is -0.368 e. The van der Waals surface area contributed by atoms with Crippen molar-refractivity contribution < 1.29 is 26.3 Å². The molecule has 0 radical (unpaired) electrons. The van der Waals surface area contributed by atoms with E-state index in [2.05, 4.69) is 5.32 Å². The lowest BCUT2D eigenvalue weighted by molar-refractivity contribution is -0.232. The van der Waals surface area contributed by atoms with Gasteiger partial charge in [0.1, 0.15) is 5.41 Å². The number of hydrogen-bond donors (Lipinski definition) is 1. The van der Waals surface area contributed by atoms with Crippen molar-refractivity contribution in [2.45, 2.75) is 18.8 Å². The number of halogens is 6. The SMILES string of the molecule is FC(F)(F)CC1(C(F)(F)F)C=CNC=C1. The van der Waals surface area contributed by atoms with Crippen LogP contribution in [0.15, 0.2) is 24.6 Å². The Labute approximate surface area is 81.5 Å². The highest BCUT2D eigenvalue weighted by atomic mass is 19.4. The second-order valence-electron chi connectivity index (χ2n) is 3.16. The van der Waals surface area contributed by atoms with Crippen LogP contribution in [0.3, 0.4) is 0 Å². The van der Waals surface area contributed by atoms with Gasteiger partial charge in [-0.1, -0.05) is 0 Å². The summed E-state index contributed by atoms with van der Waals surface area (Å²) >= 11 is 0. The highest BCUT2D eigenvalue weighted by molar-refractivity contribution is 5.19. The van der Waals surface area contributed by atoms with Crippen LogP contribution in [0.1, 0.15) is 6.42 Å². The average molecular weight is 231 g/mol. The maximum atomic E-state index is 12.5. The summed E-state index contributed by atoms with van der Waals surface area (Å²) in [5.41, 5.74) is -2.95. The third-order valence-corrected chi connectivity index (χ3v) is 1.97. The molecule has 0 saturated carbocycles. The fourth-order valence-electron chi connectivity index (χ4n) is 1.24.